The summed E-state index contributed by atoms with van der Waals surface area (Å²) in [5, 5.41) is 0. The summed E-state index contributed by atoms with van der Waals surface area (Å²) < 4.78 is 6.28. The molecule has 1 unspecified atom stereocenters. The standard InChI is InChI=1S/C20H20BrNO3/c1-14-17(21)8-5-9-18(14)22-11-10-16(20(22)24)12-19(23)25-13-15-6-3-2-4-7-15/h2-9,16H,10-13H2,1H3. The predicted octanol–water partition coefficient (Wildman–Crippen LogP) is 4.24. The van der Waals surface area contributed by atoms with Gasteiger partial charge in [0.05, 0.1) is 12.3 Å². The van der Waals surface area contributed by atoms with Crippen LogP contribution in [0.1, 0.15) is 24.0 Å². The molecule has 1 heterocycles. The van der Waals surface area contributed by atoms with Crippen LogP contribution in [0.15, 0.2) is 53.0 Å². The third-order valence-corrected chi connectivity index (χ3v) is 5.36. The predicted molar refractivity (Wildman–Crippen MR) is 100 cm³/mol. The fraction of sp³-hybridized carbons (Fsp3) is 0.300. The van der Waals surface area contributed by atoms with E-state index in [0.717, 1.165) is 21.3 Å². The second-order valence-corrected chi connectivity index (χ2v) is 7.06. The van der Waals surface area contributed by atoms with E-state index >= 15 is 0 Å². The molecule has 2 aromatic rings. The molecule has 1 amide bonds. The second-order valence-electron chi connectivity index (χ2n) is 6.21. The van der Waals surface area contributed by atoms with Crippen LogP contribution in [-0.2, 0) is 20.9 Å². The van der Waals surface area contributed by atoms with Gasteiger partial charge in [0.1, 0.15) is 6.61 Å². The number of esters is 1. The second kappa shape index (κ2) is 7.83. The zero-order valence-corrected chi connectivity index (χ0v) is 15.7. The van der Waals surface area contributed by atoms with Gasteiger partial charge in [0.2, 0.25) is 5.91 Å². The van der Waals surface area contributed by atoms with Crippen molar-refractivity contribution in [3.8, 4) is 0 Å². The molecule has 5 heteroatoms. The van der Waals surface area contributed by atoms with Gasteiger partial charge in [-0.3, -0.25) is 9.59 Å². The van der Waals surface area contributed by atoms with Crippen molar-refractivity contribution >= 4 is 33.5 Å². The molecule has 0 bridgehead atoms. The maximum atomic E-state index is 12.7. The SMILES string of the molecule is Cc1c(Br)cccc1N1CCC(CC(=O)OCc2ccccc2)C1=O. The number of anilines is 1. The fourth-order valence-corrected chi connectivity index (χ4v) is 3.41. The van der Waals surface area contributed by atoms with Crippen molar-refractivity contribution < 1.29 is 14.3 Å². The summed E-state index contributed by atoms with van der Waals surface area (Å²) in [6.07, 6.45) is 0.806. The molecule has 1 aliphatic heterocycles. The number of halogens is 1. The number of carbonyl (C=O) groups is 2. The first-order valence-corrected chi connectivity index (χ1v) is 9.11. The third kappa shape index (κ3) is 4.10. The summed E-state index contributed by atoms with van der Waals surface area (Å²) in [7, 11) is 0. The molecular formula is C20H20BrNO3. The van der Waals surface area contributed by atoms with E-state index in [2.05, 4.69) is 15.9 Å². The zero-order chi connectivity index (χ0) is 17.8. The van der Waals surface area contributed by atoms with Crippen LogP contribution >= 0.6 is 15.9 Å². The Balaban J connectivity index is 1.58. The Bertz CT molecular complexity index is 776. The van der Waals surface area contributed by atoms with E-state index in [0.29, 0.717) is 13.0 Å². The van der Waals surface area contributed by atoms with Crippen LogP contribution in [0.4, 0.5) is 5.69 Å². The van der Waals surface area contributed by atoms with E-state index in [4.69, 9.17) is 4.74 Å². The summed E-state index contributed by atoms with van der Waals surface area (Å²) in [5.74, 6) is -0.630. The van der Waals surface area contributed by atoms with Crippen LogP contribution < -0.4 is 4.90 Å². The molecule has 3 rings (SSSR count). The molecule has 0 saturated carbocycles. The third-order valence-electron chi connectivity index (χ3n) is 4.50. The minimum atomic E-state index is -0.324. The van der Waals surface area contributed by atoms with Crippen molar-refractivity contribution in [2.24, 2.45) is 5.92 Å². The van der Waals surface area contributed by atoms with Gasteiger partial charge in [0, 0.05) is 16.7 Å². The maximum absolute atomic E-state index is 12.7. The average molecular weight is 402 g/mol. The number of nitrogens with zero attached hydrogens (tertiary/aromatic N) is 1. The van der Waals surface area contributed by atoms with Gasteiger partial charge >= 0.3 is 5.97 Å². The Morgan fingerprint density at radius 3 is 2.72 bits per heavy atom. The van der Waals surface area contributed by atoms with Crippen LogP contribution in [0.25, 0.3) is 0 Å². The van der Waals surface area contributed by atoms with Gasteiger partial charge in [-0.05, 0) is 36.6 Å². The molecule has 0 spiro atoms. The highest BCUT2D eigenvalue weighted by Crippen LogP contribution is 2.32. The topological polar surface area (TPSA) is 46.6 Å². The molecule has 4 nitrogen and oxygen atoms in total. The molecule has 0 aliphatic carbocycles. The van der Waals surface area contributed by atoms with E-state index < -0.39 is 0 Å². The normalized spacial score (nSPS) is 17.0. The Hall–Kier alpha value is -2.14. The van der Waals surface area contributed by atoms with Gasteiger partial charge in [-0.1, -0.05) is 52.3 Å². The molecule has 1 fully saturated rings. The molecule has 1 aliphatic rings. The number of ether oxygens (including phenoxy) is 1. The Kier molecular flexibility index (Phi) is 5.53. The number of benzene rings is 2. The fourth-order valence-electron chi connectivity index (χ4n) is 3.05. The van der Waals surface area contributed by atoms with Crippen molar-refractivity contribution in [2.45, 2.75) is 26.4 Å². The lowest BCUT2D eigenvalue weighted by molar-refractivity contribution is -0.147. The van der Waals surface area contributed by atoms with Gasteiger partial charge in [-0.2, -0.15) is 0 Å². The van der Waals surface area contributed by atoms with Crippen LogP contribution in [0, 0.1) is 12.8 Å². The Labute approximate surface area is 155 Å². The van der Waals surface area contributed by atoms with E-state index in [-0.39, 0.29) is 30.8 Å². The number of rotatable bonds is 5. The molecule has 0 aromatic heterocycles. The minimum Gasteiger partial charge on any atom is -0.461 e. The number of hydrogen-bond donors (Lipinski definition) is 0. The lowest BCUT2D eigenvalue weighted by Gasteiger charge is -2.19. The van der Waals surface area contributed by atoms with Crippen LogP contribution in [-0.4, -0.2) is 18.4 Å². The first-order chi connectivity index (χ1) is 12.1. The molecular weight excluding hydrogens is 382 g/mol. The van der Waals surface area contributed by atoms with Crippen molar-refractivity contribution in [1.29, 1.82) is 0 Å². The van der Waals surface area contributed by atoms with Gasteiger partial charge in [-0.15, -0.1) is 0 Å². The van der Waals surface area contributed by atoms with Gasteiger partial charge in [0.15, 0.2) is 0 Å². The highest BCUT2D eigenvalue weighted by Gasteiger charge is 2.35. The largest absolute Gasteiger partial charge is 0.461 e. The molecule has 0 N–H and O–H groups in total. The van der Waals surface area contributed by atoms with Gasteiger partial charge in [0.25, 0.3) is 0 Å². The molecule has 2 aromatic carbocycles. The average Bonchev–Trinajstić information content (AvgIpc) is 2.97. The monoisotopic (exact) mass is 401 g/mol. The summed E-state index contributed by atoms with van der Waals surface area (Å²) in [5.41, 5.74) is 2.88. The number of amides is 1. The maximum Gasteiger partial charge on any atom is 0.306 e. The quantitative estimate of drug-likeness (QED) is 0.703. The van der Waals surface area contributed by atoms with Crippen LogP contribution in [0.5, 0.6) is 0 Å². The van der Waals surface area contributed by atoms with E-state index in [9.17, 15) is 9.59 Å². The molecule has 0 radical (unpaired) electrons. The van der Waals surface area contributed by atoms with Crippen molar-refractivity contribution in [2.75, 3.05) is 11.4 Å². The van der Waals surface area contributed by atoms with E-state index in [1.165, 1.54) is 0 Å². The molecule has 130 valence electrons. The summed E-state index contributed by atoms with van der Waals surface area (Å²) in [6, 6.07) is 15.4. The molecule has 1 atom stereocenters. The number of hydrogen-bond acceptors (Lipinski definition) is 3. The van der Waals surface area contributed by atoms with Gasteiger partial charge < -0.3 is 9.64 Å². The highest BCUT2D eigenvalue weighted by atomic mass is 79.9. The lowest BCUT2D eigenvalue weighted by Crippen LogP contribution is -2.28. The van der Waals surface area contributed by atoms with Crippen molar-refractivity contribution in [3.63, 3.8) is 0 Å². The highest BCUT2D eigenvalue weighted by molar-refractivity contribution is 9.10. The smallest absolute Gasteiger partial charge is 0.306 e. The zero-order valence-electron chi connectivity index (χ0n) is 14.1. The van der Waals surface area contributed by atoms with Crippen LogP contribution in [0.2, 0.25) is 0 Å². The summed E-state index contributed by atoms with van der Waals surface area (Å²) in [4.78, 5) is 26.5. The van der Waals surface area contributed by atoms with Crippen molar-refractivity contribution in [1.82, 2.24) is 0 Å². The van der Waals surface area contributed by atoms with Crippen LogP contribution in [0.3, 0.4) is 0 Å². The molecule has 1 saturated heterocycles. The number of carbonyl (C=O) groups excluding carboxylic acids is 2. The molecule has 25 heavy (non-hydrogen) atoms. The minimum absolute atomic E-state index is 0.00198. The summed E-state index contributed by atoms with van der Waals surface area (Å²) >= 11 is 3.50. The Morgan fingerprint density at radius 1 is 1.20 bits per heavy atom. The van der Waals surface area contributed by atoms with Crippen molar-refractivity contribution in [3.05, 3.63) is 64.1 Å². The summed E-state index contributed by atoms with van der Waals surface area (Å²) in [6.45, 7) is 2.86. The van der Waals surface area contributed by atoms with E-state index in [1.807, 2.05) is 55.5 Å². The Morgan fingerprint density at radius 2 is 1.96 bits per heavy atom. The first-order valence-electron chi connectivity index (χ1n) is 8.32. The van der Waals surface area contributed by atoms with E-state index in [1.54, 1.807) is 4.90 Å². The van der Waals surface area contributed by atoms with Gasteiger partial charge in [-0.25, -0.2) is 0 Å². The lowest BCUT2D eigenvalue weighted by atomic mass is 10.0. The first kappa shape index (κ1) is 17.7.